The Morgan fingerprint density at radius 1 is 0.730 bits per heavy atom. The second kappa shape index (κ2) is 18.3. The average molecular weight is 857 g/mol. The number of carbonyl (C=O) groups is 3. The van der Waals surface area contributed by atoms with Crippen LogP contribution in [0.15, 0.2) is 134 Å². The summed E-state index contributed by atoms with van der Waals surface area (Å²) in [6.45, 7) is 3.79. The Labute approximate surface area is 367 Å². The minimum Gasteiger partial charge on any atom is -0.439 e. The van der Waals surface area contributed by atoms with Crippen molar-refractivity contribution in [1.82, 2.24) is 34.7 Å². The molecule has 2 fully saturated rings. The third kappa shape index (κ3) is 9.41. The van der Waals surface area contributed by atoms with Crippen LogP contribution in [0.1, 0.15) is 65.3 Å². The molecule has 14 heteroatoms. The number of aromatic nitrogens is 5. The molecule has 0 spiro atoms. The van der Waals surface area contributed by atoms with Gasteiger partial charge in [-0.05, 0) is 104 Å². The van der Waals surface area contributed by atoms with E-state index in [9.17, 15) is 14.4 Å². The topological polar surface area (TPSA) is 156 Å². The predicted molar refractivity (Wildman–Crippen MR) is 243 cm³/mol. The van der Waals surface area contributed by atoms with E-state index in [1.54, 1.807) is 59.8 Å². The number of para-hydroxylation sites is 3. The number of H-pyrrole nitrogens is 1. The molecular formula is C49H44N8O5S. The molecule has 1 unspecified atom stereocenters. The number of likely N-dealkylation sites (tertiary alicyclic amines) is 2. The fraction of sp³-hybridized carbons (Fsp3) is 0.204. The number of nitrogens with zero attached hydrogens (tertiary/aromatic N) is 6. The Balaban J connectivity index is 0.000000161. The van der Waals surface area contributed by atoms with Gasteiger partial charge >= 0.3 is 0 Å². The Hall–Kier alpha value is -7.45. The number of hydrogen-bond acceptors (Lipinski definition) is 11. The van der Waals surface area contributed by atoms with Gasteiger partial charge in [-0.2, -0.15) is 0 Å². The van der Waals surface area contributed by atoms with E-state index in [-0.39, 0.29) is 23.5 Å². The second-order valence-electron chi connectivity index (χ2n) is 15.5. The fourth-order valence-corrected chi connectivity index (χ4v) is 8.81. The molecular weight excluding hydrogens is 813 g/mol. The quantitative estimate of drug-likeness (QED) is 0.127. The first kappa shape index (κ1) is 40.9. The molecule has 8 aromatic rings. The number of carbonyl (C=O) groups excluding carboxylic acids is 3. The van der Waals surface area contributed by atoms with Gasteiger partial charge in [-0.1, -0.05) is 47.7 Å². The number of amides is 2. The molecule has 2 saturated heterocycles. The van der Waals surface area contributed by atoms with E-state index in [4.69, 9.17) is 9.47 Å². The number of likely N-dealkylation sites (N-methyl/N-ethyl adjacent to an activating group) is 1. The Morgan fingerprint density at radius 2 is 1.35 bits per heavy atom. The van der Waals surface area contributed by atoms with Crippen molar-refractivity contribution in [2.24, 2.45) is 0 Å². The Morgan fingerprint density at radius 3 is 1.97 bits per heavy atom. The van der Waals surface area contributed by atoms with Crippen molar-refractivity contribution in [2.75, 3.05) is 32.0 Å². The average Bonchev–Trinajstić information content (AvgIpc) is 4.03. The highest BCUT2D eigenvalue weighted by molar-refractivity contribution is 7.22. The fourth-order valence-electron chi connectivity index (χ4n) is 7.93. The van der Waals surface area contributed by atoms with E-state index in [1.165, 1.54) is 0 Å². The standard InChI is InChI=1S/C26H24N4O3.C23H20N4O2S/c1-17(31)30-15-12-18(13-16-30)21-5-4-14-27-26(21)33-20-10-8-19(9-11-20)24(32)25-28-22-6-2-3-7-23(22)29-25;1-27-14-15(13-21(27)28)18-5-4-12-24-22(18)29-17-10-8-16(9-11-17)25-23-26-19-6-2-3-7-20(19)30-23/h2-11,14,18H,12-13,15-16H2,1H3,(H,28,29);2-12,15H,13-14H2,1H3,(H,25,26). The van der Waals surface area contributed by atoms with E-state index in [2.05, 4.69) is 36.3 Å². The number of imidazole rings is 1. The maximum Gasteiger partial charge on any atom is 0.228 e. The number of thiazole rings is 1. The molecule has 0 bridgehead atoms. The van der Waals surface area contributed by atoms with Crippen LogP contribution in [-0.2, 0) is 9.59 Å². The summed E-state index contributed by atoms with van der Waals surface area (Å²) < 4.78 is 13.3. The van der Waals surface area contributed by atoms with Gasteiger partial charge in [0.25, 0.3) is 0 Å². The molecule has 0 radical (unpaired) electrons. The molecule has 13 nitrogen and oxygen atoms in total. The first-order valence-electron chi connectivity index (χ1n) is 20.8. The molecule has 316 valence electrons. The highest BCUT2D eigenvalue weighted by atomic mass is 32.1. The van der Waals surface area contributed by atoms with Crippen LogP contribution in [0, 0.1) is 0 Å². The lowest BCUT2D eigenvalue weighted by Crippen LogP contribution is -2.36. The van der Waals surface area contributed by atoms with Gasteiger partial charge in [0, 0.05) is 80.7 Å². The number of ether oxygens (including phenoxy) is 2. The number of rotatable bonds is 10. The van der Waals surface area contributed by atoms with E-state index < -0.39 is 0 Å². The predicted octanol–water partition coefficient (Wildman–Crippen LogP) is 9.88. The molecule has 2 aliphatic heterocycles. The summed E-state index contributed by atoms with van der Waals surface area (Å²) in [7, 11) is 1.83. The van der Waals surface area contributed by atoms with Gasteiger partial charge in [0.15, 0.2) is 11.0 Å². The minimum atomic E-state index is -0.173. The second-order valence-corrected chi connectivity index (χ2v) is 16.6. The lowest BCUT2D eigenvalue weighted by atomic mass is 9.90. The molecule has 1 atom stereocenters. The van der Waals surface area contributed by atoms with Crippen molar-refractivity contribution in [3.63, 3.8) is 0 Å². The summed E-state index contributed by atoms with van der Waals surface area (Å²) in [5.41, 5.74) is 6.05. The van der Waals surface area contributed by atoms with Gasteiger partial charge in [0.2, 0.25) is 29.4 Å². The first-order valence-corrected chi connectivity index (χ1v) is 21.6. The van der Waals surface area contributed by atoms with Crippen molar-refractivity contribution < 1.29 is 23.9 Å². The Kier molecular flexibility index (Phi) is 11.9. The maximum absolute atomic E-state index is 12.8. The van der Waals surface area contributed by atoms with Gasteiger partial charge in [0.1, 0.15) is 11.5 Å². The van der Waals surface area contributed by atoms with Crippen LogP contribution in [0.5, 0.6) is 23.3 Å². The zero-order valence-electron chi connectivity index (χ0n) is 34.7. The number of anilines is 2. The summed E-state index contributed by atoms with van der Waals surface area (Å²) in [6, 6.07) is 38.2. The number of ketones is 1. The molecule has 10 rings (SSSR count). The Bertz CT molecular complexity index is 2840. The summed E-state index contributed by atoms with van der Waals surface area (Å²) in [5.74, 6) is 3.23. The number of nitrogens with one attached hydrogen (secondary N) is 2. The zero-order chi connectivity index (χ0) is 43.3. The molecule has 63 heavy (non-hydrogen) atoms. The van der Waals surface area contributed by atoms with Gasteiger partial charge in [0.05, 0.1) is 21.3 Å². The smallest absolute Gasteiger partial charge is 0.228 e. The normalized spacial score (nSPS) is 15.3. The third-order valence-electron chi connectivity index (χ3n) is 11.3. The van der Waals surface area contributed by atoms with Crippen LogP contribution >= 0.6 is 11.3 Å². The molecule has 2 N–H and O–H groups in total. The maximum atomic E-state index is 12.8. The summed E-state index contributed by atoms with van der Waals surface area (Å²) >= 11 is 1.62. The summed E-state index contributed by atoms with van der Waals surface area (Å²) in [5, 5.41) is 4.20. The number of pyridine rings is 2. The summed E-state index contributed by atoms with van der Waals surface area (Å²) in [6.07, 6.45) is 5.67. The highest BCUT2D eigenvalue weighted by Gasteiger charge is 2.31. The van der Waals surface area contributed by atoms with Crippen LogP contribution in [0.4, 0.5) is 10.8 Å². The van der Waals surface area contributed by atoms with Crippen LogP contribution in [0.25, 0.3) is 21.3 Å². The SMILES string of the molecule is CC(=O)N1CCC(c2cccnc2Oc2ccc(C(=O)c3nc4ccccc4[nH]3)cc2)CC1.CN1CC(c2cccnc2Oc2ccc(Nc3nc4ccccc4s3)cc2)CC1=O. The third-order valence-corrected chi connectivity index (χ3v) is 12.3. The van der Waals surface area contributed by atoms with Crippen molar-refractivity contribution in [3.05, 3.63) is 156 Å². The van der Waals surface area contributed by atoms with Crippen LogP contribution in [-0.4, -0.2) is 79.0 Å². The van der Waals surface area contributed by atoms with Crippen molar-refractivity contribution in [2.45, 2.75) is 38.0 Å². The number of fused-ring (bicyclic) bond motifs is 2. The van der Waals surface area contributed by atoms with Gasteiger partial charge < -0.3 is 29.6 Å². The van der Waals surface area contributed by atoms with Crippen molar-refractivity contribution in [1.29, 1.82) is 0 Å². The van der Waals surface area contributed by atoms with E-state index in [1.807, 2.05) is 103 Å². The van der Waals surface area contributed by atoms with E-state index in [0.717, 1.165) is 69.1 Å². The van der Waals surface area contributed by atoms with E-state index in [0.29, 0.717) is 53.5 Å². The molecule has 4 aromatic carbocycles. The lowest BCUT2D eigenvalue weighted by molar-refractivity contribution is -0.130. The minimum absolute atomic E-state index is 0.103. The van der Waals surface area contributed by atoms with Crippen molar-refractivity contribution >= 4 is 61.0 Å². The van der Waals surface area contributed by atoms with Crippen LogP contribution < -0.4 is 14.8 Å². The van der Waals surface area contributed by atoms with Gasteiger partial charge in [-0.15, -0.1) is 0 Å². The van der Waals surface area contributed by atoms with E-state index >= 15 is 0 Å². The monoisotopic (exact) mass is 856 g/mol. The van der Waals surface area contributed by atoms with Crippen LogP contribution in [0.2, 0.25) is 0 Å². The zero-order valence-corrected chi connectivity index (χ0v) is 35.5. The number of piperidine rings is 1. The number of aromatic amines is 1. The van der Waals surface area contributed by atoms with Gasteiger partial charge in [-0.3, -0.25) is 14.4 Å². The lowest BCUT2D eigenvalue weighted by Gasteiger charge is -2.31. The number of benzene rings is 4. The molecule has 2 amide bonds. The number of hydrogen-bond donors (Lipinski definition) is 2. The molecule has 4 aromatic heterocycles. The van der Waals surface area contributed by atoms with Crippen molar-refractivity contribution in [3.8, 4) is 23.3 Å². The first-order chi connectivity index (χ1) is 30.7. The van der Waals surface area contributed by atoms with Crippen LogP contribution in [0.3, 0.4) is 0 Å². The molecule has 6 heterocycles. The highest BCUT2D eigenvalue weighted by Crippen LogP contribution is 2.37. The molecule has 0 aliphatic carbocycles. The summed E-state index contributed by atoms with van der Waals surface area (Å²) in [4.78, 5) is 60.9. The molecule has 2 aliphatic rings. The molecule has 0 saturated carbocycles. The van der Waals surface area contributed by atoms with Gasteiger partial charge in [-0.25, -0.2) is 19.9 Å². The largest absolute Gasteiger partial charge is 0.439 e.